The zero-order chi connectivity index (χ0) is 44.4. The molecule has 8 fully saturated rings. The van der Waals surface area contributed by atoms with Crippen LogP contribution in [0, 0.1) is 69.0 Å². The van der Waals surface area contributed by atoms with E-state index in [0.29, 0.717) is 50.1 Å². The third-order valence-corrected chi connectivity index (χ3v) is 18.4. The van der Waals surface area contributed by atoms with Crippen molar-refractivity contribution in [2.24, 2.45) is 69.0 Å². The Morgan fingerprint density at radius 1 is 0.565 bits per heavy atom. The van der Waals surface area contributed by atoms with Gasteiger partial charge in [0.15, 0.2) is 11.6 Å². The second kappa shape index (κ2) is 19.6. The Bertz CT molecular complexity index is 1690. The molecule has 0 heterocycles. The van der Waals surface area contributed by atoms with Crippen LogP contribution in [0.15, 0.2) is 0 Å². The molecule has 16 heteroatoms. The summed E-state index contributed by atoms with van der Waals surface area (Å²) in [6.45, 7) is 6.80. The first kappa shape index (κ1) is 53.4. The first-order valence-electron chi connectivity index (χ1n) is 22.2. The average Bonchev–Trinajstić information content (AvgIpc) is 3.62. The molecule has 0 bridgehead atoms. The van der Waals surface area contributed by atoms with Gasteiger partial charge in [-0.3, -0.25) is 28.8 Å². The molecule has 8 rings (SSSR count). The zero-order valence-electron chi connectivity index (χ0n) is 37.6. The number of aliphatic carboxylic acids is 2. The molecule has 0 aliphatic heterocycles. The molecule has 334 valence electrons. The summed E-state index contributed by atoms with van der Waals surface area (Å²) < 4.78 is 0. The van der Waals surface area contributed by atoms with Gasteiger partial charge in [-0.25, -0.2) is 0 Å². The summed E-state index contributed by atoms with van der Waals surface area (Å²) >= 11 is 0. The maximum Gasteiger partial charge on any atom is 1.00 e. The van der Waals surface area contributed by atoms with E-state index in [-0.39, 0.29) is 142 Å². The molecule has 0 amide bonds. The summed E-state index contributed by atoms with van der Waals surface area (Å²) in [6.07, 6.45) is 9.21. The molecule has 8 aliphatic rings. The predicted octanol–water partition coefficient (Wildman–Crippen LogP) is -4.59. The number of carboxylic acid groups (broad SMARTS) is 2. The molecule has 0 spiro atoms. The number of Topliss-reactive ketones (excluding diaryl/α,β-unsaturated/α-hetero) is 6. The summed E-state index contributed by atoms with van der Waals surface area (Å²) in [5.41, 5.74) is -4.99. The monoisotopic (exact) mass is 886 g/mol. The Labute approximate surface area is 408 Å². The minimum atomic E-state index is -1.59. The Kier molecular flexibility index (Phi) is 16.9. The summed E-state index contributed by atoms with van der Waals surface area (Å²) in [5.74, 6) is -1.80. The molecule has 4 N–H and O–H groups in total. The first-order chi connectivity index (χ1) is 28.0. The van der Waals surface area contributed by atoms with Crippen molar-refractivity contribution in [1.82, 2.24) is 0 Å². The smallest absolute Gasteiger partial charge is 0.550 e. The van der Waals surface area contributed by atoms with Gasteiger partial charge in [0.1, 0.15) is 47.5 Å². The van der Waals surface area contributed by atoms with Gasteiger partial charge in [0, 0.05) is 73.1 Å². The van der Waals surface area contributed by atoms with E-state index in [0.717, 1.165) is 51.4 Å². The normalized spacial score (nSPS) is 43.7. The Morgan fingerprint density at radius 2 is 0.903 bits per heavy atom. The van der Waals surface area contributed by atoms with Crippen LogP contribution < -0.4 is 69.3 Å². The van der Waals surface area contributed by atoms with E-state index in [4.69, 9.17) is 0 Å². The SMILES string of the molecule is C[C@]12CCC(=O)CC1CCC1C2C(=O)C[C@@]2(C)C1CC[C@]2(O)C(=O)CO.C[C@]12CCC(=O)CC1CC[C@@H]1C3CC[C@](O)(C(=O)CO)[C@@]3(C)CC(=O)[C@H]12.O=C([O-])CCC(=O)[O-].[Na+].[Na+]. The molecule has 0 radical (unpaired) electrons. The minimum Gasteiger partial charge on any atom is -0.550 e. The van der Waals surface area contributed by atoms with Gasteiger partial charge in [-0.05, 0) is 123 Å². The second-order valence-corrected chi connectivity index (χ2v) is 20.9. The van der Waals surface area contributed by atoms with E-state index in [1.165, 1.54) is 0 Å². The van der Waals surface area contributed by atoms with E-state index >= 15 is 0 Å². The Balaban J connectivity index is 0.000000226. The largest absolute Gasteiger partial charge is 1.00 e. The third-order valence-electron chi connectivity index (χ3n) is 18.4. The molecule has 6 unspecified atom stereocenters. The molecule has 62 heavy (non-hydrogen) atoms. The molecule has 0 aromatic carbocycles. The Hall–Kier alpha value is -1.20. The molecule has 0 aromatic heterocycles. The number of fused-ring (bicyclic) bond motifs is 10. The van der Waals surface area contributed by atoms with Crippen molar-refractivity contribution in [3.05, 3.63) is 0 Å². The van der Waals surface area contributed by atoms with Crippen molar-refractivity contribution in [3.63, 3.8) is 0 Å². The Morgan fingerprint density at radius 3 is 1.21 bits per heavy atom. The number of aliphatic hydroxyl groups is 4. The van der Waals surface area contributed by atoms with Crippen LogP contribution in [-0.2, 0) is 38.4 Å². The number of carbonyl (C=O) groups excluding carboxylic acids is 8. The van der Waals surface area contributed by atoms with Gasteiger partial charge < -0.3 is 40.2 Å². The summed E-state index contributed by atoms with van der Waals surface area (Å²) in [5, 5.41) is 60.0. The molecule has 0 aromatic rings. The molecular weight excluding hydrogens is 822 g/mol. The third kappa shape index (κ3) is 8.75. The van der Waals surface area contributed by atoms with Gasteiger partial charge >= 0.3 is 59.1 Å². The van der Waals surface area contributed by atoms with E-state index in [9.17, 15) is 69.0 Å². The standard InChI is InChI=1S/2C21H30O5.C4H6O4.2Na/c2*1-19-7-5-13(23)9-12(19)3-4-14-15-6-8-21(26,17(25)11-22)20(15,2)10-16(24)18(14)19;5-3(6)1-2-4(7)8;;/h2*12,14-15,18,22,26H,3-11H2,1-2H3;1-2H2,(H,5,6)(H,7,8);;/q;;;2*+1/p-2/t12?,14?,15?,18?,19-,20-,21-;12?,14-,15?,18+,19+,20+,21+;;;/m01.../s1. The topological polar surface area (TPSA) is 264 Å². The molecule has 8 aliphatic carbocycles. The number of aliphatic hydroxyl groups excluding tert-OH is 2. The summed E-state index contributed by atoms with van der Waals surface area (Å²) in [6, 6.07) is 0. The van der Waals surface area contributed by atoms with Crippen LogP contribution in [0.2, 0.25) is 0 Å². The quantitative estimate of drug-likeness (QED) is 0.176. The van der Waals surface area contributed by atoms with Crippen LogP contribution in [0.25, 0.3) is 0 Å². The molecule has 0 saturated heterocycles. The van der Waals surface area contributed by atoms with Crippen molar-refractivity contribution in [3.8, 4) is 0 Å². The van der Waals surface area contributed by atoms with Crippen LogP contribution in [0.1, 0.15) is 143 Å². The summed E-state index contributed by atoms with van der Waals surface area (Å²) in [7, 11) is 0. The van der Waals surface area contributed by atoms with Gasteiger partial charge in [-0.15, -0.1) is 0 Å². The maximum atomic E-state index is 13.3. The number of carboxylic acids is 2. The first-order valence-corrected chi connectivity index (χ1v) is 22.2. The zero-order valence-corrected chi connectivity index (χ0v) is 41.6. The van der Waals surface area contributed by atoms with Crippen molar-refractivity contribution in [1.29, 1.82) is 0 Å². The van der Waals surface area contributed by atoms with Gasteiger partial charge in [-0.2, -0.15) is 0 Å². The predicted molar refractivity (Wildman–Crippen MR) is 208 cm³/mol. The molecule has 14 nitrogen and oxygen atoms in total. The van der Waals surface area contributed by atoms with E-state index in [2.05, 4.69) is 13.8 Å². The number of hydrogen-bond donors (Lipinski definition) is 4. The van der Waals surface area contributed by atoms with Crippen LogP contribution in [0.5, 0.6) is 0 Å². The fourth-order valence-corrected chi connectivity index (χ4v) is 15.1. The van der Waals surface area contributed by atoms with Crippen LogP contribution in [0.3, 0.4) is 0 Å². The van der Waals surface area contributed by atoms with Crippen molar-refractivity contribution in [2.75, 3.05) is 13.2 Å². The average molecular weight is 887 g/mol. The minimum absolute atomic E-state index is 0. The van der Waals surface area contributed by atoms with E-state index < -0.39 is 71.6 Å². The van der Waals surface area contributed by atoms with Gasteiger partial charge in [0.25, 0.3) is 0 Å². The second-order valence-electron chi connectivity index (χ2n) is 20.9. The molecular formula is C46H64Na2O14. The fraction of sp³-hybridized carbons (Fsp3) is 0.826. The van der Waals surface area contributed by atoms with Crippen molar-refractivity contribution in [2.45, 2.75) is 154 Å². The van der Waals surface area contributed by atoms with E-state index in [1.807, 2.05) is 13.8 Å². The van der Waals surface area contributed by atoms with Crippen molar-refractivity contribution >= 4 is 46.6 Å². The van der Waals surface area contributed by atoms with Gasteiger partial charge in [0.05, 0.1) is 0 Å². The number of ketones is 6. The molecule has 14 atom stereocenters. The van der Waals surface area contributed by atoms with Crippen molar-refractivity contribution < 1.29 is 128 Å². The van der Waals surface area contributed by atoms with Crippen LogP contribution in [0.4, 0.5) is 0 Å². The van der Waals surface area contributed by atoms with Crippen LogP contribution >= 0.6 is 0 Å². The maximum absolute atomic E-state index is 13.3. The van der Waals surface area contributed by atoms with E-state index in [1.54, 1.807) is 0 Å². The number of rotatable bonds is 7. The van der Waals surface area contributed by atoms with Gasteiger partial charge in [-0.1, -0.05) is 27.7 Å². The number of carbonyl (C=O) groups is 8. The number of hydrogen-bond acceptors (Lipinski definition) is 14. The van der Waals surface area contributed by atoms with Crippen LogP contribution in [-0.4, -0.2) is 91.5 Å². The fourth-order valence-electron chi connectivity index (χ4n) is 15.1. The van der Waals surface area contributed by atoms with Gasteiger partial charge in [0.2, 0.25) is 0 Å². The summed E-state index contributed by atoms with van der Waals surface area (Å²) in [4.78, 5) is 94.3. The molecule has 8 saturated carbocycles.